The summed E-state index contributed by atoms with van der Waals surface area (Å²) < 4.78 is 14.0. The van der Waals surface area contributed by atoms with Gasteiger partial charge in [0.2, 0.25) is 0 Å². The zero-order valence-corrected chi connectivity index (χ0v) is 16.5. The van der Waals surface area contributed by atoms with Crippen molar-refractivity contribution in [2.45, 2.75) is 20.1 Å². The summed E-state index contributed by atoms with van der Waals surface area (Å²) in [6, 6.07) is 6.68. The van der Waals surface area contributed by atoms with E-state index in [1.807, 2.05) is 13.0 Å². The number of hydrogen-bond acceptors (Lipinski definition) is 7. The second kappa shape index (κ2) is 7.14. The summed E-state index contributed by atoms with van der Waals surface area (Å²) in [6.45, 7) is 1.47. The molecule has 0 bridgehead atoms. The first kappa shape index (κ1) is 19.4. The molecule has 0 unspecified atom stereocenters. The molecule has 0 amide bonds. The van der Waals surface area contributed by atoms with E-state index in [-0.39, 0.29) is 24.3 Å². The van der Waals surface area contributed by atoms with Gasteiger partial charge in [0, 0.05) is 31.1 Å². The second-order valence-electron chi connectivity index (χ2n) is 7.00. The lowest BCUT2D eigenvalue weighted by Crippen LogP contribution is -2.37. The normalized spacial score (nSPS) is 11.3. The number of carbonyl (C=O) groups is 1. The Labute approximate surface area is 168 Å². The van der Waals surface area contributed by atoms with Crippen LogP contribution >= 0.6 is 0 Å². The van der Waals surface area contributed by atoms with Gasteiger partial charge in [0.1, 0.15) is 18.7 Å². The number of aryl methyl sites for hydroxylation is 2. The molecule has 3 heterocycles. The third-order valence-corrected chi connectivity index (χ3v) is 4.89. The molecular weight excluding hydrogens is 392 g/mol. The molecule has 0 spiro atoms. The number of nitrogens with zero attached hydrogens (tertiary/aromatic N) is 4. The van der Waals surface area contributed by atoms with E-state index in [4.69, 9.17) is 9.15 Å². The Kier molecular flexibility index (Phi) is 4.61. The maximum Gasteiger partial charge on any atom is 0.336 e. The predicted octanol–water partition coefficient (Wildman–Crippen LogP) is 0.592. The van der Waals surface area contributed by atoms with Gasteiger partial charge in [-0.05, 0) is 18.6 Å². The molecule has 4 rings (SSSR count). The zero-order chi connectivity index (χ0) is 21.6. The van der Waals surface area contributed by atoms with Crippen LogP contribution < -0.4 is 16.9 Å². The molecule has 4 aromatic rings. The summed E-state index contributed by atoms with van der Waals surface area (Å²) in [4.78, 5) is 52.7. The summed E-state index contributed by atoms with van der Waals surface area (Å²) in [7, 11) is 2.85. The highest BCUT2D eigenvalue weighted by atomic mass is 16.5. The number of imidazole rings is 1. The minimum atomic E-state index is -0.626. The van der Waals surface area contributed by atoms with Crippen LogP contribution in [0.5, 0.6) is 0 Å². The number of esters is 1. The second-order valence-corrected chi connectivity index (χ2v) is 7.00. The summed E-state index contributed by atoms with van der Waals surface area (Å²) in [6.07, 6.45) is 1.31. The molecule has 10 heteroatoms. The number of fused-ring (bicyclic) bond motifs is 2. The number of aromatic nitrogens is 4. The Hall–Kier alpha value is -3.95. The van der Waals surface area contributed by atoms with Crippen LogP contribution in [0.1, 0.15) is 11.1 Å². The van der Waals surface area contributed by atoms with Gasteiger partial charge in [0.15, 0.2) is 11.2 Å². The first-order valence-corrected chi connectivity index (χ1v) is 9.06. The Morgan fingerprint density at radius 2 is 1.90 bits per heavy atom. The molecule has 3 aromatic heterocycles. The molecule has 0 aliphatic rings. The van der Waals surface area contributed by atoms with E-state index in [0.29, 0.717) is 16.5 Å². The Morgan fingerprint density at radius 1 is 1.13 bits per heavy atom. The van der Waals surface area contributed by atoms with Crippen LogP contribution in [0.25, 0.3) is 22.1 Å². The molecule has 0 saturated carbocycles. The molecule has 0 radical (unpaired) electrons. The predicted molar refractivity (Wildman–Crippen MR) is 107 cm³/mol. The molecule has 0 fully saturated rings. The third kappa shape index (κ3) is 3.21. The number of carbonyl (C=O) groups excluding carboxylic acids is 1. The average molecular weight is 410 g/mol. The van der Waals surface area contributed by atoms with Crippen molar-refractivity contribution >= 4 is 28.1 Å². The molecule has 0 aliphatic heterocycles. The fourth-order valence-electron chi connectivity index (χ4n) is 3.32. The zero-order valence-electron chi connectivity index (χ0n) is 16.5. The van der Waals surface area contributed by atoms with Gasteiger partial charge < -0.3 is 13.7 Å². The van der Waals surface area contributed by atoms with Crippen LogP contribution in [-0.4, -0.2) is 24.7 Å². The molecule has 154 valence electrons. The first-order chi connectivity index (χ1) is 14.3. The molecule has 10 nitrogen and oxygen atoms in total. The fraction of sp³-hybridized carbons (Fsp3) is 0.250. The third-order valence-electron chi connectivity index (χ3n) is 4.89. The highest BCUT2D eigenvalue weighted by Gasteiger charge is 2.17. The van der Waals surface area contributed by atoms with Gasteiger partial charge in [0.25, 0.3) is 5.56 Å². The fourth-order valence-corrected chi connectivity index (χ4v) is 3.32. The van der Waals surface area contributed by atoms with Gasteiger partial charge >= 0.3 is 17.3 Å². The van der Waals surface area contributed by atoms with Crippen LogP contribution in [0.2, 0.25) is 0 Å². The Morgan fingerprint density at radius 3 is 2.67 bits per heavy atom. The quantitative estimate of drug-likeness (QED) is 0.357. The largest absolute Gasteiger partial charge is 0.459 e. The van der Waals surface area contributed by atoms with E-state index in [9.17, 15) is 19.2 Å². The summed E-state index contributed by atoms with van der Waals surface area (Å²) in [5, 5.41) is 0.671. The van der Waals surface area contributed by atoms with Crippen molar-refractivity contribution in [1.82, 2.24) is 18.7 Å². The highest BCUT2D eigenvalue weighted by molar-refractivity contribution is 5.81. The van der Waals surface area contributed by atoms with Gasteiger partial charge in [-0.15, -0.1) is 0 Å². The molecule has 0 N–H and O–H groups in total. The van der Waals surface area contributed by atoms with Crippen LogP contribution in [0.3, 0.4) is 0 Å². The Balaban J connectivity index is 1.60. The smallest absolute Gasteiger partial charge is 0.336 e. The monoisotopic (exact) mass is 410 g/mol. The van der Waals surface area contributed by atoms with Crippen LogP contribution in [0.4, 0.5) is 0 Å². The van der Waals surface area contributed by atoms with Crippen molar-refractivity contribution in [1.29, 1.82) is 0 Å². The lowest BCUT2D eigenvalue weighted by molar-refractivity contribution is -0.145. The summed E-state index contributed by atoms with van der Waals surface area (Å²) >= 11 is 0. The molecule has 0 saturated heterocycles. The SMILES string of the molecule is Cc1ccc2c(COC(=O)Cn3cnc4c3c(=O)n(C)c(=O)n4C)cc(=O)oc2c1. The maximum atomic E-state index is 12.4. The first-order valence-electron chi connectivity index (χ1n) is 9.06. The molecule has 1 aromatic carbocycles. The lowest BCUT2D eigenvalue weighted by atomic mass is 10.1. The molecule has 0 aliphatic carbocycles. The lowest BCUT2D eigenvalue weighted by Gasteiger charge is -2.09. The van der Waals surface area contributed by atoms with Gasteiger partial charge in [-0.2, -0.15) is 0 Å². The molecular formula is C20H18N4O6. The minimum absolute atomic E-state index is 0.123. The van der Waals surface area contributed by atoms with Crippen molar-refractivity contribution in [3.05, 3.63) is 73.0 Å². The van der Waals surface area contributed by atoms with Crippen molar-refractivity contribution in [3.8, 4) is 0 Å². The van der Waals surface area contributed by atoms with Gasteiger partial charge in [-0.25, -0.2) is 14.6 Å². The minimum Gasteiger partial charge on any atom is -0.459 e. The van der Waals surface area contributed by atoms with Crippen molar-refractivity contribution in [2.75, 3.05) is 0 Å². The summed E-state index contributed by atoms with van der Waals surface area (Å²) in [5.74, 6) is -0.626. The maximum absolute atomic E-state index is 12.4. The van der Waals surface area contributed by atoms with E-state index in [1.54, 1.807) is 12.1 Å². The van der Waals surface area contributed by atoms with Crippen molar-refractivity contribution in [3.63, 3.8) is 0 Å². The van der Waals surface area contributed by atoms with Gasteiger partial charge in [-0.3, -0.25) is 18.7 Å². The summed E-state index contributed by atoms with van der Waals surface area (Å²) in [5.41, 5.74) is 0.565. The number of rotatable bonds is 4. The van der Waals surface area contributed by atoms with Crippen molar-refractivity contribution in [2.24, 2.45) is 14.1 Å². The standard InChI is InChI=1S/C20H18N4O6/c1-11-4-5-13-12(7-15(25)30-14(13)6-11)9-29-16(26)8-24-10-21-18-17(24)19(27)23(3)20(28)22(18)2/h4-7,10H,8-9H2,1-3H3. The van der Waals surface area contributed by atoms with Crippen LogP contribution in [0.15, 0.2) is 49.4 Å². The van der Waals surface area contributed by atoms with Crippen molar-refractivity contribution < 1.29 is 13.9 Å². The number of hydrogen-bond donors (Lipinski definition) is 0. The highest BCUT2D eigenvalue weighted by Crippen LogP contribution is 2.19. The van der Waals surface area contributed by atoms with Crippen LogP contribution in [-0.2, 0) is 36.8 Å². The van der Waals surface area contributed by atoms with E-state index in [0.717, 1.165) is 10.1 Å². The Bertz CT molecular complexity index is 1490. The van der Waals surface area contributed by atoms with Gasteiger partial charge in [-0.1, -0.05) is 12.1 Å². The molecule has 0 atom stereocenters. The topological polar surface area (TPSA) is 118 Å². The van der Waals surface area contributed by atoms with E-state index in [1.165, 1.54) is 35.6 Å². The van der Waals surface area contributed by atoms with E-state index < -0.39 is 22.8 Å². The number of ether oxygens (including phenoxy) is 1. The van der Waals surface area contributed by atoms with Gasteiger partial charge in [0.05, 0.1) is 6.33 Å². The van der Waals surface area contributed by atoms with E-state index >= 15 is 0 Å². The number of benzene rings is 1. The van der Waals surface area contributed by atoms with Crippen LogP contribution in [0, 0.1) is 6.92 Å². The molecule has 30 heavy (non-hydrogen) atoms. The average Bonchev–Trinajstić information content (AvgIpc) is 3.12. The van der Waals surface area contributed by atoms with E-state index in [2.05, 4.69) is 4.98 Å².